The quantitative estimate of drug-likeness (QED) is 0.110. The number of amides is 6. The van der Waals surface area contributed by atoms with Crippen molar-refractivity contribution in [1.82, 2.24) is 30.7 Å². The van der Waals surface area contributed by atoms with E-state index in [2.05, 4.69) is 32.8 Å². The number of benzene rings is 2. The van der Waals surface area contributed by atoms with Crippen LogP contribution in [-0.2, 0) is 51.3 Å². The van der Waals surface area contributed by atoms with Gasteiger partial charge in [-0.15, -0.1) is 11.3 Å². The monoisotopic (exact) mass is 840 g/mol. The zero-order chi connectivity index (χ0) is 42.8. The first-order valence-corrected chi connectivity index (χ1v) is 21.1. The number of ether oxygens (including phenoxy) is 3. The van der Waals surface area contributed by atoms with Gasteiger partial charge in [-0.25, -0.2) is 4.98 Å². The molecule has 0 saturated carbocycles. The van der Waals surface area contributed by atoms with Gasteiger partial charge >= 0.3 is 0 Å². The number of aromatic nitrogens is 1. The predicted octanol–water partition coefficient (Wildman–Crippen LogP) is 3.12. The van der Waals surface area contributed by atoms with Crippen LogP contribution in [0, 0.1) is 24.2 Å². The number of nitrogens with one attached hydrogen (secondary N) is 3. The summed E-state index contributed by atoms with van der Waals surface area (Å²) in [6.07, 6.45) is 1.71. The first-order chi connectivity index (χ1) is 28.8. The smallest absolute Gasteiger partial charge is 0.255 e. The fourth-order valence-corrected chi connectivity index (χ4v) is 8.25. The molecule has 3 aliphatic rings. The van der Waals surface area contributed by atoms with E-state index in [-0.39, 0.29) is 76.2 Å². The van der Waals surface area contributed by atoms with E-state index < -0.39 is 35.4 Å². The van der Waals surface area contributed by atoms with E-state index in [1.807, 2.05) is 63.5 Å². The summed E-state index contributed by atoms with van der Waals surface area (Å²) in [5.41, 5.74) is 6.12. The molecule has 0 spiro atoms. The van der Waals surface area contributed by atoms with Crippen molar-refractivity contribution in [3.05, 3.63) is 75.9 Å². The molecule has 6 rings (SSSR count). The van der Waals surface area contributed by atoms with Gasteiger partial charge in [-0.1, -0.05) is 62.9 Å². The third-order valence-corrected chi connectivity index (χ3v) is 11.6. The molecule has 3 aromatic rings. The lowest BCUT2D eigenvalue weighted by atomic mass is 9.85. The minimum absolute atomic E-state index is 0.133. The predicted molar refractivity (Wildman–Crippen MR) is 222 cm³/mol. The van der Waals surface area contributed by atoms with E-state index in [0.717, 1.165) is 27.3 Å². The molecule has 3 atom stereocenters. The number of rotatable bonds is 16. The number of hydrogen-bond acceptors (Lipinski definition) is 11. The van der Waals surface area contributed by atoms with E-state index in [1.165, 1.54) is 4.90 Å². The molecule has 16 heteroatoms. The summed E-state index contributed by atoms with van der Waals surface area (Å²) in [7, 11) is 0. The van der Waals surface area contributed by atoms with Crippen molar-refractivity contribution in [3.63, 3.8) is 0 Å². The van der Waals surface area contributed by atoms with Gasteiger partial charge in [0.1, 0.15) is 31.3 Å². The number of thiazole rings is 1. The van der Waals surface area contributed by atoms with Crippen LogP contribution in [0.2, 0.25) is 0 Å². The zero-order valence-electron chi connectivity index (χ0n) is 34.5. The fourth-order valence-electron chi connectivity index (χ4n) is 7.44. The zero-order valence-corrected chi connectivity index (χ0v) is 35.3. The van der Waals surface area contributed by atoms with Gasteiger partial charge in [-0.2, -0.15) is 0 Å². The number of piperidine rings is 1. The maximum Gasteiger partial charge on any atom is 0.255 e. The number of nitrogens with zero attached hydrogens (tertiary/aromatic N) is 3. The minimum Gasteiger partial charge on any atom is -0.377 e. The lowest BCUT2D eigenvalue weighted by Crippen LogP contribution is -2.58. The van der Waals surface area contributed by atoms with E-state index in [0.29, 0.717) is 43.5 Å². The topological polar surface area (TPSA) is 186 Å². The van der Waals surface area contributed by atoms with E-state index >= 15 is 0 Å². The molecule has 0 aliphatic carbocycles. The number of imide groups is 1. The van der Waals surface area contributed by atoms with Gasteiger partial charge in [0.2, 0.25) is 29.5 Å². The Morgan fingerprint density at radius 1 is 1.00 bits per heavy atom. The Morgan fingerprint density at radius 2 is 1.75 bits per heavy atom. The van der Waals surface area contributed by atoms with Crippen molar-refractivity contribution in [2.45, 2.75) is 84.6 Å². The molecule has 3 N–H and O–H groups in total. The molecule has 60 heavy (non-hydrogen) atoms. The second kappa shape index (κ2) is 20.2. The Labute approximate surface area is 353 Å². The summed E-state index contributed by atoms with van der Waals surface area (Å²) in [4.78, 5) is 85.6. The molecule has 0 bridgehead atoms. The largest absolute Gasteiger partial charge is 0.377 e. The van der Waals surface area contributed by atoms with Gasteiger partial charge < -0.3 is 34.6 Å². The Kier molecular flexibility index (Phi) is 14.8. The molecule has 2 unspecified atom stereocenters. The van der Waals surface area contributed by atoms with Crippen molar-refractivity contribution >= 4 is 46.8 Å². The van der Waals surface area contributed by atoms with Gasteiger partial charge in [0.15, 0.2) is 0 Å². The lowest BCUT2D eigenvalue weighted by molar-refractivity contribution is -0.144. The highest BCUT2D eigenvalue weighted by molar-refractivity contribution is 7.13. The number of hydrogen-bond donors (Lipinski definition) is 3. The van der Waals surface area contributed by atoms with Gasteiger partial charge in [0, 0.05) is 37.2 Å². The molecule has 15 nitrogen and oxygen atoms in total. The molecular formula is C44H52N6O9S. The highest BCUT2D eigenvalue weighted by Crippen LogP contribution is 2.30. The second-order valence-corrected chi connectivity index (χ2v) is 16.8. The molecule has 1 aromatic heterocycles. The molecule has 4 heterocycles. The normalized spacial score (nSPS) is 18.1. The Hall–Kier alpha value is -5.47. The first-order valence-electron chi connectivity index (χ1n) is 20.2. The van der Waals surface area contributed by atoms with Crippen LogP contribution in [0.4, 0.5) is 0 Å². The van der Waals surface area contributed by atoms with Crippen molar-refractivity contribution in [2.24, 2.45) is 5.41 Å². The van der Waals surface area contributed by atoms with Crippen LogP contribution in [0.15, 0.2) is 48.0 Å². The lowest BCUT2D eigenvalue weighted by Gasteiger charge is -2.35. The standard InChI is InChI=1S/C44H52N6O9S/c1-28-38(60-27-46-28)31-14-12-29(13-15-31)24-45-40(53)34-11-6-18-49(34)43(56)39(44(2,3)4)47-37(52)26-59-23-22-58-21-20-57-19-7-9-30-8-5-10-32-33(30)25-50(42(32)55)35-16-17-36(51)48-41(35)54/h5,8,10,12-15,27,34-35,39H,6,11,16-26H2,1-4H3,(H,45,53)(H,47,52)(H,48,51,54)/t34?,35?,39-/m1/s1. The van der Waals surface area contributed by atoms with Crippen molar-refractivity contribution in [1.29, 1.82) is 0 Å². The Morgan fingerprint density at radius 3 is 2.47 bits per heavy atom. The molecule has 2 fully saturated rings. The summed E-state index contributed by atoms with van der Waals surface area (Å²) in [6, 6.07) is 11.1. The minimum atomic E-state index is -0.862. The van der Waals surface area contributed by atoms with E-state index in [9.17, 15) is 28.8 Å². The van der Waals surface area contributed by atoms with Crippen molar-refractivity contribution in [3.8, 4) is 22.3 Å². The summed E-state index contributed by atoms with van der Waals surface area (Å²) < 4.78 is 16.6. The maximum absolute atomic E-state index is 13.9. The molecule has 2 aromatic carbocycles. The van der Waals surface area contributed by atoms with Crippen molar-refractivity contribution < 1.29 is 43.0 Å². The number of carbonyl (C=O) groups excluding carboxylic acids is 6. The van der Waals surface area contributed by atoms with Crippen LogP contribution in [0.5, 0.6) is 0 Å². The third-order valence-electron chi connectivity index (χ3n) is 10.6. The van der Waals surface area contributed by atoms with Gasteiger partial charge in [0.05, 0.1) is 42.5 Å². The highest BCUT2D eigenvalue weighted by atomic mass is 32.1. The van der Waals surface area contributed by atoms with Crippen LogP contribution in [0.1, 0.15) is 79.2 Å². The molecule has 3 aliphatic heterocycles. The highest BCUT2D eigenvalue weighted by Gasteiger charge is 2.42. The summed E-state index contributed by atoms with van der Waals surface area (Å²) >= 11 is 1.59. The summed E-state index contributed by atoms with van der Waals surface area (Å²) in [5.74, 6) is 4.00. The fraction of sp³-hybridized carbons (Fsp3) is 0.477. The van der Waals surface area contributed by atoms with Gasteiger partial charge in [-0.05, 0) is 60.4 Å². The van der Waals surface area contributed by atoms with E-state index in [1.54, 1.807) is 28.4 Å². The van der Waals surface area contributed by atoms with Crippen LogP contribution >= 0.6 is 11.3 Å². The molecule has 6 amide bonds. The number of carbonyl (C=O) groups is 6. The second-order valence-electron chi connectivity index (χ2n) is 16.0. The van der Waals surface area contributed by atoms with E-state index in [4.69, 9.17) is 14.2 Å². The average Bonchev–Trinajstić information content (AvgIpc) is 3.97. The number of aryl methyl sites for hydroxylation is 1. The Balaban J connectivity index is 0.866. The Bertz CT molecular complexity index is 2140. The first kappa shape index (κ1) is 44.1. The number of fused-ring (bicyclic) bond motifs is 1. The SMILES string of the molecule is Cc1ncsc1-c1ccc(CNC(=O)C2CCCN2C(=O)[C@@H](NC(=O)COCCOCCOCC#Cc2cccc3c2CN(C2CCC(=O)NC2=O)C3=O)C(C)(C)C)cc1. The number of likely N-dealkylation sites (tertiary alicyclic amines) is 1. The van der Waals surface area contributed by atoms with Crippen LogP contribution in [0.25, 0.3) is 10.4 Å². The molecule has 2 saturated heterocycles. The van der Waals surface area contributed by atoms with Crippen LogP contribution in [0.3, 0.4) is 0 Å². The molecule has 318 valence electrons. The van der Waals surface area contributed by atoms with Crippen molar-refractivity contribution in [2.75, 3.05) is 46.2 Å². The summed E-state index contributed by atoms with van der Waals surface area (Å²) in [6.45, 7) is 9.38. The third kappa shape index (κ3) is 11.0. The molecule has 0 radical (unpaired) electrons. The maximum atomic E-state index is 13.9. The summed E-state index contributed by atoms with van der Waals surface area (Å²) in [5, 5.41) is 8.14. The van der Waals surface area contributed by atoms with Crippen LogP contribution < -0.4 is 16.0 Å². The van der Waals surface area contributed by atoms with Crippen LogP contribution in [-0.4, -0.2) is 115 Å². The average molecular weight is 841 g/mol. The molecular weight excluding hydrogens is 789 g/mol. The van der Waals surface area contributed by atoms with Gasteiger partial charge in [-0.3, -0.25) is 34.1 Å². The van der Waals surface area contributed by atoms with Gasteiger partial charge in [0.25, 0.3) is 5.91 Å².